The summed E-state index contributed by atoms with van der Waals surface area (Å²) in [6.07, 6.45) is 8.37. The van der Waals surface area contributed by atoms with Crippen LogP contribution in [0.15, 0.2) is 157 Å². The number of hydrogen-bond acceptors (Lipinski definition) is 3. The molecule has 0 atom stereocenters. The summed E-state index contributed by atoms with van der Waals surface area (Å²) in [5.41, 5.74) is 16.6. The van der Waals surface area contributed by atoms with Gasteiger partial charge in [0.1, 0.15) is 5.58 Å². The van der Waals surface area contributed by atoms with E-state index in [-0.39, 0.29) is 0 Å². The smallest absolute Gasteiger partial charge is 0.151 e. The predicted molar refractivity (Wildman–Crippen MR) is 250 cm³/mol. The molecule has 0 aliphatic heterocycles. The van der Waals surface area contributed by atoms with E-state index in [2.05, 4.69) is 194 Å². The molecule has 0 spiro atoms. The highest BCUT2D eigenvalue weighted by molar-refractivity contribution is 6.04. The lowest BCUT2D eigenvalue weighted by Crippen LogP contribution is -2.03. The highest BCUT2D eigenvalue weighted by Gasteiger charge is 2.20. The molecule has 6 nitrogen and oxygen atoms in total. The largest absolute Gasteiger partial charge is 0.455 e. The van der Waals surface area contributed by atoms with Gasteiger partial charge in [-0.2, -0.15) is 10.2 Å². The summed E-state index contributed by atoms with van der Waals surface area (Å²) >= 11 is 0. The first kappa shape index (κ1) is 38.8. The molecule has 300 valence electrons. The van der Waals surface area contributed by atoms with Crippen LogP contribution in [0.4, 0.5) is 0 Å². The molecule has 3 heterocycles. The van der Waals surface area contributed by atoms with E-state index in [9.17, 15) is 0 Å². The van der Waals surface area contributed by atoms with E-state index in [4.69, 9.17) is 14.6 Å². The Morgan fingerprint density at radius 3 is 1.47 bits per heavy atom. The van der Waals surface area contributed by atoms with Gasteiger partial charge >= 0.3 is 0 Å². The molecule has 0 amide bonds. The molecule has 0 saturated heterocycles. The van der Waals surface area contributed by atoms with Gasteiger partial charge in [0.25, 0.3) is 0 Å². The van der Waals surface area contributed by atoms with Crippen molar-refractivity contribution in [1.29, 1.82) is 0 Å². The zero-order valence-corrected chi connectivity index (χ0v) is 35.9. The summed E-state index contributed by atoms with van der Waals surface area (Å²) in [5.74, 6) is 1.53. The Labute approximate surface area is 353 Å². The van der Waals surface area contributed by atoms with Gasteiger partial charge in [0.15, 0.2) is 5.58 Å². The zero-order valence-electron chi connectivity index (χ0n) is 35.9. The first-order chi connectivity index (χ1) is 29.1. The monoisotopic (exact) mass is 787 g/mol. The highest BCUT2D eigenvalue weighted by atomic mass is 16.3. The fourth-order valence-electron chi connectivity index (χ4n) is 8.84. The number of fused-ring (bicyclic) bond motifs is 4. The first-order valence-electron chi connectivity index (χ1n) is 21.3. The summed E-state index contributed by atoms with van der Waals surface area (Å²) in [7, 11) is 0. The molecule has 0 fully saturated rings. The lowest BCUT2D eigenvalue weighted by atomic mass is 9.86. The van der Waals surface area contributed by atoms with Gasteiger partial charge in [-0.25, -0.2) is 9.36 Å². The van der Waals surface area contributed by atoms with Crippen LogP contribution in [-0.4, -0.2) is 24.1 Å². The van der Waals surface area contributed by atoms with E-state index >= 15 is 0 Å². The maximum absolute atomic E-state index is 6.88. The van der Waals surface area contributed by atoms with Crippen molar-refractivity contribution < 1.29 is 4.42 Å². The van der Waals surface area contributed by atoms with Gasteiger partial charge in [-0.3, -0.25) is 0 Å². The topological polar surface area (TPSA) is 53.7 Å². The number of hydrogen-bond donors (Lipinski definition) is 0. The van der Waals surface area contributed by atoms with Crippen LogP contribution in [0, 0.1) is 0 Å². The third-order valence-electron chi connectivity index (χ3n) is 11.8. The van der Waals surface area contributed by atoms with E-state index in [1.807, 2.05) is 27.8 Å². The standard InChI is InChI=1S/C54H53N5O/c1-34(2)43-20-14-21-44(35(3)4)53(43)38-30-55-57(32-38)40-16-13-17-42(28-40)59-49-24-11-9-18-47(49)48-19-10-12-25-51(48)60-52-27-26-41(29-50(52)59)58-33-39(31-56-58)54-45(36(5)6)22-15-23-46(54)37(7)8/h9-37H,1-8H3. The molecule has 0 radical (unpaired) electrons. The summed E-state index contributed by atoms with van der Waals surface area (Å²) < 4.78 is 13.2. The fraction of sp³-hybridized carbons (Fsp3) is 0.222. The molecule has 0 unspecified atom stereocenters. The number of aromatic nitrogens is 5. The summed E-state index contributed by atoms with van der Waals surface area (Å²) in [6, 6.07) is 45.3. The Morgan fingerprint density at radius 2 is 0.900 bits per heavy atom. The van der Waals surface area contributed by atoms with Crippen molar-refractivity contribution in [1.82, 2.24) is 24.1 Å². The van der Waals surface area contributed by atoms with E-state index in [1.54, 1.807) is 0 Å². The van der Waals surface area contributed by atoms with Gasteiger partial charge in [-0.15, -0.1) is 0 Å². The second kappa shape index (κ2) is 15.8. The number of para-hydroxylation sites is 2. The highest BCUT2D eigenvalue weighted by Crippen LogP contribution is 2.39. The average molecular weight is 788 g/mol. The third-order valence-corrected chi connectivity index (χ3v) is 11.8. The van der Waals surface area contributed by atoms with E-state index in [0.717, 1.165) is 61.2 Å². The minimum absolute atomic E-state index is 0.379. The zero-order chi connectivity index (χ0) is 41.7. The van der Waals surface area contributed by atoms with Gasteiger partial charge in [-0.05, 0) is 106 Å². The molecule has 3 aromatic heterocycles. The van der Waals surface area contributed by atoms with E-state index in [0.29, 0.717) is 23.7 Å². The van der Waals surface area contributed by atoms with Crippen molar-refractivity contribution in [2.45, 2.75) is 79.1 Å². The Kier molecular flexibility index (Phi) is 10.2. The van der Waals surface area contributed by atoms with Gasteiger partial charge < -0.3 is 8.98 Å². The van der Waals surface area contributed by atoms with Crippen LogP contribution >= 0.6 is 0 Å². The minimum atomic E-state index is 0.379. The predicted octanol–water partition coefficient (Wildman–Crippen LogP) is 14.9. The van der Waals surface area contributed by atoms with Crippen molar-refractivity contribution in [3.8, 4) is 39.3 Å². The normalized spacial score (nSPS) is 11.9. The van der Waals surface area contributed by atoms with Crippen molar-refractivity contribution in [2.24, 2.45) is 0 Å². The van der Waals surface area contributed by atoms with Crippen LogP contribution in [-0.2, 0) is 0 Å². The maximum Gasteiger partial charge on any atom is 0.151 e. The van der Waals surface area contributed by atoms with Crippen molar-refractivity contribution in [3.05, 3.63) is 174 Å². The Morgan fingerprint density at radius 1 is 0.417 bits per heavy atom. The van der Waals surface area contributed by atoms with Crippen LogP contribution in [0.3, 0.4) is 0 Å². The second-order valence-corrected chi connectivity index (χ2v) is 17.2. The van der Waals surface area contributed by atoms with Crippen molar-refractivity contribution >= 4 is 33.0 Å². The van der Waals surface area contributed by atoms with Crippen molar-refractivity contribution in [2.75, 3.05) is 0 Å². The van der Waals surface area contributed by atoms with Crippen LogP contribution in [0.5, 0.6) is 0 Å². The van der Waals surface area contributed by atoms with E-state index in [1.165, 1.54) is 33.4 Å². The average Bonchev–Trinajstić information content (AvgIpc) is 3.95. The maximum atomic E-state index is 6.88. The Hall–Kier alpha value is -6.66. The number of nitrogens with zero attached hydrogens (tertiary/aromatic N) is 5. The minimum Gasteiger partial charge on any atom is -0.455 e. The lowest BCUT2D eigenvalue weighted by Gasteiger charge is -2.18. The van der Waals surface area contributed by atoms with Crippen LogP contribution in [0.25, 0.3) is 72.3 Å². The number of rotatable bonds is 9. The SMILES string of the molecule is CC(C)c1cccc(C(C)C)c1-c1cnn(-c2cccc(-n3c4cc(-n5cc(-c6c(C(C)C)cccc6C(C)C)cn5)ccc4oc4ccccc4c4ccccc43)c2)c1. The van der Waals surface area contributed by atoms with Crippen LogP contribution in [0.1, 0.15) is 101 Å². The fourth-order valence-corrected chi connectivity index (χ4v) is 8.84. The molecule has 9 aromatic rings. The Bertz CT molecular complexity index is 3020. The van der Waals surface area contributed by atoms with Gasteiger partial charge in [0.05, 0.1) is 34.8 Å². The lowest BCUT2D eigenvalue weighted by molar-refractivity contribution is 0.660. The second-order valence-electron chi connectivity index (χ2n) is 17.2. The molecule has 0 saturated carbocycles. The first-order valence-corrected chi connectivity index (χ1v) is 21.3. The van der Waals surface area contributed by atoms with E-state index < -0.39 is 0 Å². The molecule has 6 aromatic carbocycles. The molecule has 0 aliphatic rings. The summed E-state index contributed by atoms with van der Waals surface area (Å²) in [6.45, 7) is 18.1. The number of benzene rings is 6. The molecular weight excluding hydrogens is 735 g/mol. The molecular formula is C54H53N5O. The molecule has 6 heteroatoms. The Balaban J connectivity index is 1.26. The molecule has 0 aliphatic carbocycles. The van der Waals surface area contributed by atoms with Crippen molar-refractivity contribution in [3.63, 3.8) is 0 Å². The molecule has 60 heavy (non-hydrogen) atoms. The summed E-state index contributed by atoms with van der Waals surface area (Å²) in [4.78, 5) is 0. The molecule has 0 N–H and O–H groups in total. The van der Waals surface area contributed by atoms with Gasteiger partial charge in [0, 0.05) is 40.0 Å². The summed E-state index contributed by atoms with van der Waals surface area (Å²) in [5, 5.41) is 12.1. The quantitative estimate of drug-likeness (QED) is 0.146. The molecule has 0 bridgehead atoms. The van der Waals surface area contributed by atoms with Gasteiger partial charge in [-0.1, -0.05) is 134 Å². The third kappa shape index (κ3) is 7.00. The van der Waals surface area contributed by atoms with Gasteiger partial charge in [0.2, 0.25) is 0 Å². The molecule has 9 rings (SSSR count). The van der Waals surface area contributed by atoms with Crippen LogP contribution < -0.4 is 0 Å². The van der Waals surface area contributed by atoms with Crippen LogP contribution in [0.2, 0.25) is 0 Å².